The van der Waals surface area contributed by atoms with E-state index in [1.165, 1.54) is 12.6 Å². The van der Waals surface area contributed by atoms with Crippen molar-refractivity contribution >= 4 is 11.7 Å². The average Bonchev–Trinajstić information content (AvgIpc) is 2.98. The molecule has 2 saturated heterocycles. The Bertz CT molecular complexity index is 463. The maximum atomic E-state index is 11.0. The molecule has 3 heterocycles. The Kier molecular flexibility index (Phi) is 2.91. The highest BCUT2D eigenvalue weighted by Crippen LogP contribution is 2.38. The third kappa shape index (κ3) is 2.06. The summed E-state index contributed by atoms with van der Waals surface area (Å²) in [6, 6.07) is 1.71. The van der Waals surface area contributed by atoms with Crippen LogP contribution in [0.25, 0.3) is 0 Å². The molecule has 0 spiro atoms. The highest BCUT2D eigenvalue weighted by molar-refractivity contribution is 5.93. The van der Waals surface area contributed by atoms with Gasteiger partial charge in [-0.05, 0) is 25.3 Å². The zero-order valence-corrected chi connectivity index (χ0v) is 10.0. The molecule has 0 radical (unpaired) electrons. The number of ether oxygens (including phenoxy) is 1. The largest absolute Gasteiger partial charge is 0.478 e. The Labute approximate surface area is 105 Å². The van der Waals surface area contributed by atoms with Gasteiger partial charge in [0.2, 0.25) is 0 Å². The Morgan fingerprint density at radius 3 is 3.11 bits per heavy atom. The van der Waals surface area contributed by atoms with Crippen LogP contribution >= 0.6 is 0 Å². The first-order valence-electron chi connectivity index (χ1n) is 6.30. The van der Waals surface area contributed by atoms with Gasteiger partial charge in [0, 0.05) is 24.9 Å². The molecular formula is C13H16N2O3. The maximum absolute atomic E-state index is 11.0. The second-order valence-corrected chi connectivity index (χ2v) is 4.98. The predicted octanol–water partition coefficient (Wildman–Crippen LogP) is 1.76. The van der Waals surface area contributed by atoms with Gasteiger partial charge in [-0.1, -0.05) is 0 Å². The summed E-state index contributed by atoms with van der Waals surface area (Å²) in [7, 11) is 0. The lowest BCUT2D eigenvalue weighted by Gasteiger charge is -2.20. The molecule has 1 aromatic rings. The molecule has 1 aromatic heterocycles. The smallest absolute Gasteiger partial charge is 0.339 e. The highest BCUT2D eigenvalue weighted by Gasteiger charge is 2.40. The third-order valence-corrected chi connectivity index (χ3v) is 3.84. The molecule has 3 rings (SSSR count). The first kappa shape index (κ1) is 11.5. The highest BCUT2D eigenvalue weighted by atomic mass is 16.5. The molecule has 96 valence electrons. The number of aromatic carboxylic acids is 1. The first-order valence-corrected chi connectivity index (χ1v) is 6.30. The Morgan fingerprint density at radius 1 is 1.56 bits per heavy atom. The number of anilines is 1. The van der Waals surface area contributed by atoms with Gasteiger partial charge in [0.05, 0.1) is 17.9 Å². The van der Waals surface area contributed by atoms with Crippen LogP contribution in [0, 0.1) is 5.92 Å². The van der Waals surface area contributed by atoms with Gasteiger partial charge >= 0.3 is 5.97 Å². The van der Waals surface area contributed by atoms with Crippen LogP contribution < -0.4 is 5.32 Å². The minimum atomic E-state index is -0.949. The van der Waals surface area contributed by atoms with Gasteiger partial charge in [-0.2, -0.15) is 0 Å². The second-order valence-electron chi connectivity index (χ2n) is 4.98. The van der Waals surface area contributed by atoms with Crippen molar-refractivity contribution in [1.29, 1.82) is 0 Å². The lowest BCUT2D eigenvalue weighted by Crippen LogP contribution is -2.24. The monoisotopic (exact) mass is 248 g/mol. The fraction of sp³-hybridized carbons (Fsp3) is 0.538. The Hall–Kier alpha value is -1.62. The van der Waals surface area contributed by atoms with Crippen molar-refractivity contribution in [2.45, 2.75) is 31.5 Å². The number of aromatic nitrogens is 1. The fourth-order valence-corrected chi connectivity index (χ4v) is 2.92. The number of carboxylic acid groups (broad SMARTS) is 1. The van der Waals surface area contributed by atoms with E-state index < -0.39 is 5.97 Å². The molecule has 2 N–H and O–H groups in total. The molecule has 5 nitrogen and oxygen atoms in total. The minimum Gasteiger partial charge on any atom is -0.478 e. The van der Waals surface area contributed by atoms with E-state index in [0.29, 0.717) is 23.8 Å². The molecule has 0 aromatic carbocycles. The maximum Gasteiger partial charge on any atom is 0.339 e. The summed E-state index contributed by atoms with van der Waals surface area (Å²) in [6.07, 6.45) is 7.17. The quantitative estimate of drug-likeness (QED) is 0.849. The van der Waals surface area contributed by atoms with E-state index in [9.17, 15) is 4.79 Å². The van der Waals surface area contributed by atoms with Crippen LogP contribution in [0.15, 0.2) is 18.5 Å². The first-order chi connectivity index (χ1) is 8.74. The van der Waals surface area contributed by atoms with Crippen molar-refractivity contribution in [3.05, 3.63) is 24.0 Å². The van der Waals surface area contributed by atoms with Crippen molar-refractivity contribution in [3.63, 3.8) is 0 Å². The zero-order valence-electron chi connectivity index (χ0n) is 10.0. The standard InChI is InChI=1S/C13H16N2O3/c16-13(17)10-7-14-4-3-11(10)15-6-8-5-9-1-2-12(8)18-9/h3-4,7-9,12H,1-2,5-6H2,(H,14,15)(H,16,17). The van der Waals surface area contributed by atoms with Crippen molar-refractivity contribution in [1.82, 2.24) is 4.98 Å². The van der Waals surface area contributed by atoms with Gasteiger partial charge in [-0.15, -0.1) is 0 Å². The number of rotatable bonds is 4. The van der Waals surface area contributed by atoms with Gasteiger partial charge in [-0.3, -0.25) is 4.98 Å². The van der Waals surface area contributed by atoms with Crippen LogP contribution in [-0.2, 0) is 4.74 Å². The lowest BCUT2D eigenvalue weighted by molar-refractivity contribution is 0.0697. The summed E-state index contributed by atoms with van der Waals surface area (Å²) < 4.78 is 5.78. The van der Waals surface area contributed by atoms with Gasteiger partial charge < -0.3 is 15.2 Å². The summed E-state index contributed by atoms with van der Waals surface area (Å²) in [5, 5.41) is 12.3. The van der Waals surface area contributed by atoms with Crippen molar-refractivity contribution < 1.29 is 14.6 Å². The molecule has 2 aliphatic heterocycles. The van der Waals surface area contributed by atoms with E-state index in [1.807, 2.05) is 0 Å². The SMILES string of the molecule is O=C(O)c1cnccc1NCC1CC2CCC1O2. The van der Waals surface area contributed by atoms with E-state index in [2.05, 4.69) is 10.3 Å². The molecule has 3 unspecified atom stereocenters. The molecule has 3 atom stereocenters. The summed E-state index contributed by atoms with van der Waals surface area (Å²) in [4.78, 5) is 14.9. The molecule has 0 amide bonds. The molecular weight excluding hydrogens is 232 g/mol. The summed E-state index contributed by atoms with van der Waals surface area (Å²) in [5.41, 5.74) is 0.863. The van der Waals surface area contributed by atoms with Gasteiger partial charge in [0.1, 0.15) is 5.56 Å². The van der Waals surface area contributed by atoms with Crippen molar-refractivity contribution in [2.24, 2.45) is 5.92 Å². The zero-order chi connectivity index (χ0) is 12.5. The van der Waals surface area contributed by atoms with Crippen molar-refractivity contribution in [2.75, 3.05) is 11.9 Å². The summed E-state index contributed by atoms with van der Waals surface area (Å²) >= 11 is 0. The van der Waals surface area contributed by atoms with Crippen LogP contribution in [0.5, 0.6) is 0 Å². The third-order valence-electron chi connectivity index (χ3n) is 3.84. The molecule has 0 saturated carbocycles. The van der Waals surface area contributed by atoms with E-state index in [4.69, 9.17) is 9.84 Å². The minimum absolute atomic E-state index is 0.224. The van der Waals surface area contributed by atoms with Crippen molar-refractivity contribution in [3.8, 4) is 0 Å². The number of fused-ring (bicyclic) bond motifs is 2. The molecule has 5 heteroatoms. The lowest BCUT2D eigenvalue weighted by atomic mass is 9.89. The van der Waals surface area contributed by atoms with E-state index in [0.717, 1.165) is 19.4 Å². The number of nitrogens with one attached hydrogen (secondary N) is 1. The molecule has 2 bridgehead atoms. The number of nitrogens with zero attached hydrogens (tertiary/aromatic N) is 1. The van der Waals surface area contributed by atoms with Crippen LogP contribution in [0.3, 0.4) is 0 Å². The predicted molar refractivity (Wildman–Crippen MR) is 65.7 cm³/mol. The molecule has 2 aliphatic rings. The van der Waals surface area contributed by atoms with E-state index in [-0.39, 0.29) is 5.56 Å². The van der Waals surface area contributed by atoms with Crippen LogP contribution in [0.1, 0.15) is 29.6 Å². The Balaban J connectivity index is 1.65. The molecule has 2 fully saturated rings. The van der Waals surface area contributed by atoms with Crippen LogP contribution in [-0.4, -0.2) is 34.8 Å². The Morgan fingerprint density at radius 2 is 2.44 bits per heavy atom. The number of hydrogen-bond acceptors (Lipinski definition) is 4. The van der Waals surface area contributed by atoms with Gasteiger partial charge in [-0.25, -0.2) is 4.79 Å². The number of carbonyl (C=O) groups is 1. The number of hydrogen-bond donors (Lipinski definition) is 2. The van der Waals surface area contributed by atoms with Crippen LogP contribution in [0.4, 0.5) is 5.69 Å². The van der Waals surface area contributed by atoms with Crippen LogP contribution in [0.2, 0.25) is 0 Å². The number of pyridine rings is 1. The second kappa shape index (κ2) is 4.57. The fourth-order valence-electron chi connectivity index (χ4n) is 2.92. The van der Waals surface area contributed by atoms with E-state index in [1.54, 1.807) is 12.3 Å². The van der Waals surface area contributed by atoms with E-state index >= 15 is 0 Å². The number of carboxylic acids is 1. The van der Waals surface area contributed by atoms with Gasteiger partial charge in [0.25, 0.3) is 0 Å². The van der Waals surface area contributed by atoms with Gasteiger partial charge in [0.15, 0.2) is 0 Å². The average molecular weight is 248 g/mol. The summed E-state index contributed by atoms with van der Waals surface area (Å²) in [5.74, 6) is -0.451. The topological polar surface area (TPSA) is 71.5 Å². The normalized spacial score (nSPS) is 29.4. The summed E-state index contributed by atoms with van der Waals surface area (Å²) in [6.45, 7) is 0.769. The molecule has 0 aliphatic carbocycles. The molecule has 18 heavy (non-hydrogen) atoms.